The van der Waals surface area contributed by atoms with Gasteiger partial charge < -0.3 is 9.84 Å². The maximum Gasteiger partial charge on any atom is 0.0648 e. The second kappa shape index (κ2) is 5.31. The Morgan fingerprint density at radius 3 is 2.60 bits per heavy atom. The molecule has 2 heteroatoms. The summed E-state index contributed by atoms with van der Waals surface area (Å²) in [7, 11) is 0. The minimum atomic E-state index is -0.324. The number of hydrogen-bond donors (Lipinski definition) is 1. The molecule has 88 valence electrons. The van der Waals surface area contributed by atoms with Crippen LogP contribution < -0.4 is 0 Å². The summed E-state index contributed by atoms with van der Waals surface area (Å²) in [5.74, 6) is 0.713. The van der Waals surface area contributed by atoms with E-state index in [-0.39, 0.29) is 5.60 Å². The molecule has 0 radical (unpaired) electrons. The van der Waals surface area contributed by atoms with Gasteiger partial charge in [0.1, 0.15) is 0 Å². The summed E-state index contributed by atoms with van der Waals surface area (Å²) >= 11 is 0. The number of hydrogen-bond acceptors (Lipinski definition) is 2. The lowest BCUT2D eigenvalue weighted by molar-refractivity contribution is -0.0189. The van der Waals surface area contributed by atoms with Crippen LogP contribution in [0.2, 0.25) is 0 Å². The Morgan fingerprint density at radius 1 is 1.13 bits per heavy atom. The summed E-state index contributed by atoms with van der Waals surface area (Å²) in [6.45, 7) is 1.87. The summed E-state index contributed by atoms with van der Waals surface area (Å²) in [6, 6.07) is 0. The molecular weight excluding hydrogens is 188 g/mol. The van der Waals surface area contributed by atoms with Gasteiger partial charge in [-0.2, -0.15) is 0 Å². The predicted molar refractivity (Wildman–Crippen MR) is 60.8 cm³/mol. The van der Waals surface area contributed by atoms with E-state index < -0.39 is 0 Å². The SMILES string of the molecule is OC1(CCC2CCCOC2)CCCCC1. The van der Waals surface area contributed by atoms with Crippen LogP contribution in [0.5, 0.6) is 0 Å². The third-order valence-electron chi connectivity index (χ3n) is 4.06. The zero-order valence-electron chi connectivity index (χ0n) is 9.71. The molecule has 0 spiro atoms. The molecule has 1 N–H and O–H groups in total. The summed E-state index contributed by atoms with van der Waals surface area (Å²) in [5, 5.41) is 10.4. The molecule has 0 bridgehead atoms. The molecule has 1 aliphatic carbocycles. The maximum atomic E-state index is 10.4. The van der Waals surface area contributed by atoms with E-state index in [1.54, 1.807) is 0 Å². The molecule has 2 rings (SSSR count). The van der Waals surface area contributed by atoms with Gasteiger partial charge in [0.15, 0.2) is 0 Å². The minimum absolute atomic E-state index is 0.324. The van der Waals surface area contributed by atoms with E-state index in [9.17, 15) is 5.11 Å². The quantitative estimate of drug-likeness (QED) is 0.779. The monoisotopic (exact) mass is 212 g/mol. The van der Waals surface area contributed by atoms with E-state index in [1.807, 2.05) is 0 Å². The first-order chi connectivity index (χ1) is 7.29. The van der Waals surface area contributed by atoms with Gasteiger partial charge in [-0.3, -0.25) is 0 Å². The van der Waals surface area contributed by atoms with Gasteiger partial charge in [-0.15, -0.1) is 0 Å². The fourth-order valence-electron chi connectivity index (χ4n) is 2.97. The van der Waals surface area contributed by atoms with Crippen molar-refractivity contribution < 1.29 is 9.84 Å². The highest BCUT2D eigenvalue weighted by molar-refractivity contribution is 4.83. The highest BCUT2D eigenvalue weighted by Gasteiger charge is 2.29. The molecule has 15 heavy (non-hydrogen) atoms. The van der Waals surface area contributed by atoms with Crippen molar-refractivity contribution in [1.82, 2.24) is 0 Å². The van der Waals surface area contributed by atoms with Gasteiger partial charge in [0.05, 0.1) is 5.60 Å². The number of ether oxygens (including phenoxy) is 1. The van der Waals surface area contributed by atoms with Gasteiger partial charge in [0, 0.05) is 13.2 Å². The lowest BCUT2D eigenvalue weighted by atomic mass is 9.79. The van der Waals surface area contributed by atoms with Crippen LogP contribution in [0.3, 0.4) is 0 Å². The Kier molecular flexibility index (Phi) is 4.04. The summed E-state index contributed by atoms with van der Waals surface area (Å²) in [5.41, 5.74) is -0.324. The fourth-order valence-corrected chi connectivity index (χ4v) is 2.97. The number of rotatable bonds is 3. The van der Waals surface area contributed by atoms with Crippen LogP contribution in [-0.2, 0) is 4.74 Å². The second-order valence-corrected chi connectivity index (χ2v) is 5.41. The van der Waals surface area contributed by atoms with Gasteiger partial charge in [0.25, 0.3) is 0 Å². The predicted octanol–water partition coefficient (Wildman–Crippen LogP) is 2.89. The normalized spacial score (nSPS) is 31.4. The Bertz CT molecular complexity index is 179. The molecule has 1 atom stereocenters. The Balaban J connectivity index is 1.70. The first-order valence-electron chi connectivity index (χ1n) is 6.59. The standard InChI is InChI=1S/C13H24O2/c14-13(7-2-1-3-8-13)9-6-12-5-4-10-15-11-12/h12,14H,1-11H2. The largest absolute Gasteiger partial charge is 0.390 e. The third kappa shape index (κ3) is 3.46. The van der Waals surface area contributed by atoms with Gasteiger partial charge in [-0.25, -0.2) is 0 Å². The Hall–Kier alpha value is -0.0800. The third-order valence-corrected chi connectivity index (χ3v) is 4.06. The highest BCUT2D eigenvalue weighted by Crippen LogP contribution is 2.33. The van der Waals surface area contributed by atoms with Crippen molar-refractivity contribution in [1.29, 1.82) is 0 Å². The minimum Gasteiger partial charge on any atom is -0.390 e. The van der Waals surface area contributed by atoms with Crippen LogP contribution in [0.1, 0.15) is 57.8 Å². The van der Waals surface area contributed by atoms with E-state index in [0.29, 0.717) is 5.92 Å². The molecule has 1 aliphatic heterocycles. The molecule has 0 aromatic carbocycles. The molecule has 2 aliphatic rings. The molecule has 1 heterocycles. The van der Waals surface area contributed by atoms with E-state index in [1.165, 1.54) is 32.1 Å². The van der Waals surface area contributed by atoms with Crippen LogP contribution in [0.15, 0.2) is 0 Å². The van der Waals surface area contributed by atoms with Gasteiger partial charge in [-0.05, 0) is 44.4 Å². The molecule has 1 saturated heterocycles. The fraction of sp³-hybridized carbons (Fsp3) is 1.00. The van der Waals surface area contributed by atoms with Gasteiger partial charge in [0.2, 0.25) is 0 Å². The Labute approximate surface area is 93.0 Å². The van der Waals surface area contributed by atoms with E-state index >= 15 is 0 Å². The highest BCUT2D eigenvalue weighted by atomic mass is 16.5. The topological polar surface area (TPSA) is 29.5 Å². The van der Waals surface area contributed by atoms with Gasteiger partial charge in [-0.1, -0.05) is 19.3 Å². The number of aliphatic hydroxyl groups is 1. The van der Waals surface area contributed by atoms with Crippen LogP contribution in [0.4, 0.5) is 0 Å². The molecule has 2 fully saturated rings. The molecule has 0 aromatic heterocycles. The van der Waals surface area contributed by atoms with Crippen molar-refractivity contribution in [3.05, 3.63) is 0 Å². The summed E-state index contributed by atoms with van der Waals surface area (Å²) in [6.07, 6.45) is 10.5. The average Bonchev–Trinajstić information content (AvgIpc) is 2.29. The van der Waals surface area contributed by atoms with Crippen molar-refractivity contribution in [2.75, 3.05) is 13.2 Å². The molecule has 1 unspecified atom stereocenters. The van der Waals surface area contributed by atoms with Gasteiger partial charge >= 0.3 is 0 Å². The first kappa shape index (κ1) is 11.4. The van der Waals surface area contributed by atoms with E-state index in [4.69, 9.17) is 4.74 Å². The second-order valence-electron chi connectivity index (χ2n) is 5.41. The van der Waals surface area contributed by atoms with Crippen molar-refractivity contribution in [2.45, 2.75) is 63.4 Å². The van der Waals surface area contributed by atoms with Crippen LogP contribution >= 0.6 is 0 Å². The van der Waals surface area contributed by atoms with Crippen molar-refractivity contribution in [2.24, 2.45) is 5.92 Å². The van der Waals surface area contributed by atoms with E-state index in [2.05, 4.69) is 0 Å². The summed E-state index contributed by atoms with van der Waals surface area (Å²) in [4.78, 5) is 0. The molecule has 2 nitrogen and oxygen atoms in total. The molecule has 0 aromatic rings. The summed E-state index contributed by atoms with van der Waals surface area (Å²) < 4.78 is 5.47. The Morgan fingerprint density at radius 2 is 1.93 bits per heavy atom. The molecular formula is C13H24O2. The lowest BCUT2D eigenvalue weighted by Crippen LogP contribution is -2.32. The molecule has 0 amide bonds. The average molecular weight is 212 g/mol. The zero-order valence-corrected chi connectivity index (χ0v) is 9.71. The van der Waals surface area contributed by atoms with Crippen LogP contribution in [0, 0.1) is 5.92 Å². The van der Waals surface area contributed by atoms with Crippen molar-refractivity contribution >= 4 is 0 Å². The smallest absolute Gasteiger partial charge is 0.0648 e. The van der Waals surface area contributed by atoms with Crippen LogP contribution in [-0.4, -0.2) is 23.9 Å². The van der Waals surface area contributed by atoms with Crippen molar-refractivity contribution in [3.63, 3.8) is 0 Å². The zero-order chi connectivity index (χ0) is 10.6. The lowest BCUT2D eigenvalue weighted by Gasteiger charge is -2.34. The molecule has 1 saturated carbocycles. The van der Waals surface area contributed by atoms with Crippen molar-refractivity contribution in [3.8, 4) is 0 Å². The maximum absolute atomic E-state index is 10.4. The van der Waals surface area contributed by atoms with Crippen LogP contribution in [0.25, 0.3) is 0 Å². The van der Waals surface area contributed by atoms with E-state index in [0.717, 1.165) is 38.9 Å². The first-order valence-corrected chi connectivity index (χ1v) is 6.59.